The maximum atomic E-state index is 7.06. The summed E-state index contributed by atoms with van der Waals surface area (Å²) in [6, 6.07) is 15.9. The predicted molar refractivity (Wildman–Crippen MR) is 286 cm³/mol. The van der Waals surface area contributed by atoms with Gasteiger partial charge in [-0.2, -0.15) is 0 Å². The first-order chi connectivity index (χ1) is 34.1. The largest absolute Gasteiger partial charge is 0.461 e. The number of hydrogen-bond acceptors (Lipinski definition) is 5. The fraction of sp³-hybridized carbons (Fsp3) is 0.359. The highest BCUT2D eigenvalue weighted by atomic mass is 16.3. The van der Waals surface area contributed by atoms with Crippen molar-refractivity contribution in [1.29, 1.82) is 0 Å². The molecule has 0 bridgehead atoms. The molecule has 1 saturated heterocycles. The topological polar surface area (TPSA) is 52.8 Å². The maximum absolute atomic E-state index is 7.06. The summed E-state index contributed by atoms with van der Waals surface area (Å²) < 4.78 is 7.06. The van der Waals surface area contributed by atoms with Crippen molar-refractivity contribution in [2.75, 3.05) is 0 Å². The summed E-state index contributed by atoms with van der Waals surface area (Å²) in [6.07, 6.45) is 62.6. The van der Waals surface area contributed by atoms with E-state index in [2.05, 4.69) is 186 Å². The van der Waals surface area contributed by atoms with E-state index in [4.69, 9.17) is 9.41 Å². The Balaban J connectivity index is 0.916. The van der Waals surface area contributed by atoms with Gasteiger partial charge in [0.05, 0.1) is 6.17 Å². The number of benzene rings is 2. The monoisotopic (exact) mass is 907 g/mol. The number of likely N-dealkylation sites (tertiary alicyclic amines) is 1. The summed E-state index contributed by atoms with van der Waals surface area (Å²) >= 11 is 0. The van der Waals surface area contributed by atoms with Crippen LogP contribution in [0.15, 0.2) is 172 Å². The second-order valence-electron chi connectivity index (χ2n) is 21.4. The number of nitrogens with one attached hydrogen (secondary N) is 2. The zero-order chi connectivity index (χ0) is 45.8. The Morgan fingerprint density at radius 1 is 0.725 bits per heavy atom. The van der Waals surface area contributed by atoms with Crippen molar-refractivity contribution in [2.45, 2.75) is 132 Å². The summed E-state index contributed by atoms with van der Waals surface area (Å²) in [5.74, 6) is 4.96. The highest BCUT2D eigenvalue weighted by molar-refractivity contribution is 6.02. The second kappa shape index (κ2) is 18.4. The third kappa shape index (κ3) is 8.10. The molecule has 69 heavy (non-hydrogen) atoms. The van der Waals surface area contributed by atoms with E-state index in [-0.39, 0.29) is 18.2 Å². The highest BCUT2D eigenvalue weighted by Crippen LogP contribution is 2.53. The smallest absolute Gasteiger partial charge is 0.131 e. The molecule has 1 fully saturated rings. The van der Waals surface area contributed by atoms with Crippen LogP contribution in [0.4, 0.5) is 0 Å². The molecule has 0 amide bonds. The van der Waals surface area contributed by atoms with Gasteiger partial charge in [0.25, 0.3) is 0 Å². The minimum absolute atomic E-state index is 0.0952. The van der Waals surface area contributed by atoms with Crippen LogP contribution < -0.4 is 10.6 Å². The average molecular weight is 907 g/mol. The standard InChI is InChI=1S/C64H66N4O/c1-41-26-28-45(29-27-41)63-65-62(44-20-10-4-11-21-44)66-64(67-63)55-39-46(50-37-48(42-16-6-2-7-17-42)36-49(38-50)43-18-8-3-9-19-43)30-32-52(55)47-31-33-54-59(40-47)69-58-35-34-57-60(61(54)58)53-24-14-15-25-56(53)68(57)51-22-12-5-13-23-51/h2-4,6-8,10,12,14-16,18,22,24,26,28-39,41-42,44,47,51,56-57,60,62-63,65H,5,9,11,13,17,19-21,23,25,27,40H2,1H3,(H,66,67). The molecule has 0 radical (unpaired) electrons. The van der Waals surface area contributed by atoms with E-state index in [0.717, 1.165) is 75.1 Å². The number of rotatable bonds is 8. The molecule has 2 aromatic carbocycles. The lowest BCUT2D eigenvalue weighted by molar-refractivity contribution is 0.169. The lowest BCUT2D eigenvalue weighted by Gasteiger charge is -2.38. The number of nitrogens with zero attached hydrogens (tertiary/aromatic N) is 2. The normalized spacial score (nSPS) is 31.8. The predicted octanol–water partition coefficient (Wildman–Crippen LogP) is 14.3. The van der Waals surface area contributed by atoms with E-state index in [1.54, 1.807) is 5.57 Å². The Morgan fingerprint density at radius 2 is 1.67 bits per heavy atom. The van der Waals surface area contributed by atoms with E-state index in [0.29, 0.717) is 41.8 Å². The minimum Gasteiger partial charge on any atom is -0.461 e. The SMILES string of the molecule is CC1C=CC(C2N=C(c3cc(-c4cc(C5=CC=CCC5)cc(C5C=CC=CC5)c4)ccc3C3C=Cc4c(oc5c4C4C6=CC=CCC6N(C6C=CCCC6)C4C=C5)C3)NC(C3CC=CCC3)N2)=CC1. The van der Waals surface area contributed by atoms with Crippen LogP contribution in [0.1, 0.15) is 140 Å². The van der Waals surface area contributed by atoms with Crippen LogP contribution in [0.5, 0.6) is 0 Å². The van der Waals surface area contributed by atoms with Gasteiger partial charge in [0, 0.05) is 59.0 Å². The van der Waals surface area contributed by atoms with Gasteiger partial charge in [0.1, 0.15) is 23.5 Å². The van der Waals surface area contributed by atoms with Crippen LogP contribution in [0.25, 0.3) is 28.9 Å². The molecule has 10 aliphatic rings. The van der Waals surface area contributed by atoms with Crippen molar-refractivity contribution in [3.05, 3.63) is 208 Å². The van der Waals surface area contributed by atoms with Crippen molar-refractivity contribution in [3.63, 3.8) is 0 Å². The minimum atomic E-state index is -0.127. The van der Waals surface area contributed by atoms with Gasteiger partial charge in [-0.3, -0.25) is 10.2 Å². The molecule has 5 heteroatoms. The van der Waals surface area contributed by atoms with Crippen molar-refractivity contribution >= 4 is 23.6 Å². The van der Waals surface area contributed by atoms with Crippen molar-refractivity contribution in [3.8, 4) is 11.1 Å². The molecule has 5 nitrogen and oxygen atoms in total. The Labute approximate surface area is 409 Å². The van der Waals surface area contributed by atoms with Gasteiger partial charge in [-0.15, -0.1) is 0 Å². The Kier molecular flexibility index (Phi) is 11.5. The Morgan fingerprint density at radius 3 is 2.51 bits per heavy atom. The van der Waals surface area contributed by atoms with Gasteiger partial charge >= 0.3 is 0 Å². The van der Waals surface area contributed by atoms with Crippen molar-refractivity contribution in [2.24, 2.45) is 16.8 Å². The van der Waals surface area contributed by atoms with E-state index in [1.807, 2.05) is 0 Å². The van der Waals surface area contributed by atoms with E-state index >= 15 is 0 Å². The fourth-order valence-electron chi connectivity index (χ4n) is 13.4. The third-order valence-electron chi connectivity index (χ3n) is 17.0. The molecule has 3 heterocycles. The first-order valence-electron chi connectivity index (χ1n) is 26.5. The van der Waals surface area contributed by atoms with Crippen LogP contribution in [0, 0.1) is 11.8 Å². The molecule has 2 aliphatic heterocycles. The number of amidine groups is 1. The third-order valence-corrected chi connectivity index (χ3v) is 17.0. The second-order valence-corrected chi connectivity index (χ2v) is 21.4. The molecule has 10 atom stereocenters. The zero-order valence-electron chi connectivity index (χ0n) is 40.1. The zero-order valence-corrected chi connectivity index (χ0v) is 40.1. The molecule has 2 N–H and O–H groups in total. The molecule has 348 valence electrons. The lowest BCUT2D eigenvalue weighted by atomic mass is 9.77. The van der Waals surface area contributed by atoms with Crippen LogP contribution in [0.3, 0.4) is 0 Å². The number of fused-ring (bicyclic) bond motifs is 7. The van der Waals surface area contributed by atoms with Gasteiger partial charge < -0.3 is 9.73 Å². The first-order valence-corrected chi connectivity index (χ1v) is 26.5. The van der Waals surface area contributed by atoms with Crippen LogP contribution >= 0.6 is 0 Å². The molecular formula is C64H66N4O. The van der Waals surface area contributed by atoms with Crippen LogP contribution in [-0.4, -0.2) is 41.2 Å². The summed E-state index contributed by atoms with van der Waals surface area (Å²) in [6.45, 7) is 2.30. The number of furan rings is 1. The molecule has 1 aromatic heterocycles. The lowest BCUT2D eigenvalue weighted by Crippen LogP contribution is -2.58. The molecule has 3 aromatic rings. The summed E-state index contributed by atoms with van der Waals surface area (Å²) in [7, 11) is 0. The summed E-state index contributed by atoms with van der Waals surface area (Å²) in [5.41, 5.74) is 14.7. The average Bonchev–Trinajstić information content (AvgIpc) is 3.97. The Bertz CT molecular complexity index is 2950. The quantitative estimate of drug-likeness (QED) is 0.221. The molecule has 8 aliphatic carbocycles. The van der Waals surface area contributed by atoms with Gasteiger partial charge in [-0.1, -0.05) is 153 Å². The van der Waals surface area contributed by atoms with Gasteiger partial charge in [0.15, 0.2) is 0 Å². The van der Waals surface area contributed by atoms with E-state index < -0.39 is 0 Å². The van der Waals surface area contributed by atoms with Crippen molar-refractivity contribution < 1.29 is 4.42 Å². The van der Waals surface area contributed by atoms with Gasteiger partial charge in [0.2, 0.25) is 0 Å². The molecule has 10 unspecified atom stereocenters. The first kappa shape index (κ1) is 43.0. The van der Waals surface area contributed by atoms with Gasteiger partial charge in [-0.05, 0) is 145 Å². The summed E-state index contributed by atoms with van der Waals surface area (Å²) in [5, 5.41) is 8.10. The van der Waals surface area contributed by atoms with Crippen molar-refractivity contribution in [1.82, 2.24) is 15.5 Å². The Hall–Kier alpha value is -6.01. The molecule has 0 saturated carbocycles. The van der Waals surface area contributed by atoms with Gasteiger partial charge in [-0.25, -0.2) is 4.99 Å². The number of allylic oxidation sites excluding steroid dienone is 16. The van der Waals surface area contributed by atoms with E-state index in [1.165, 1.54) is 74.9 Å². The van der Waals surface area contributed by atoms with Crippen LogP contribution in [0.2, 0.25) is 0 Å². The number of hydrogen-bond donors (Lipinski definition) is 2. The molecular weight excluding hydrogens is 841 g/mol. The fourth-order valence-corrected chi connectivity index (χ4v) is 13.4. The molecule has 0 spiro atoms. The highest BCUT2D eigenvalue weighted by Gasteiger charge is 2.50. The van der Waals surface area contributed by atoms with E-state index in [9.17, 15) is 0 Å². The maximum Gasteiger partial charge on any atom is 0.131 e. The summed E-state index contributed by atoms with van der Waals surface area (Å²) in [4.78, 5) is 8.53. The number of aliphatic imine (C=N–C) groups is 1. The molecule has 13 rings (SSSR count). The van der Waals surface area contributed by atoms with Crippen LogP contribution in [-0.2, 0) is 6.42 Å².